The molecule has 6 nitrogen and oxygen atoms in total. The summed E-state index contributed by atoms with van der Waals surface area (Å²) < 4.78 is 38.4. The third-order valence-corrected chi connectivity index (χ3v) is 6.16. The molecule has 7 heteroatoms. The van der Waals surface area contributed by atoms with Gasteiger partial charge in [0, 0.05) is 25.8 Å². The summed E-state index contributed by atoms with van der Waals surface area (Å²) in [5, 5.41) is 8.96. The highest BCUT2D eigenvalue weighted by Gasteiger charge is 2.31. The molecule has 0 spiro atoms. The van der Waals surface area contributed by atoms with E-state index < -0.39 is 10.0 Å². The van der Waals surface area contributed by atoms with Crippen molar-refractivity contribution in [2.75, 3.05) is 26.5 Å². The number of fused-ring (bicyclic) bond motifs is 1. The Kier molecular flexibility index (Phi) is 6.71. The normalized spacial score (nSPS) is 14.3. The van der Waals surface area contributed by atoms with Gasteiger partial charge in [0.05, 0.1) is 4.90 Å². The van der Waals surface area contributed by atoms with Gasteiger partial charge in [-0.15, -0.1) is 0 Å². The first kappa shape index (κ1) is 20.0. The lowest BCUT2D eigenvalue weighted by Gasteiger charge is -2.32. The zero-order valence-corrected chi connectivity index (χ0v) is 16.1. The van der Waals surface area contributed by atoms with Gasteiger partial charge in [0.1, 0.15) is 0 Å². The van der Waals surface area contributed by atoms with Crippen LogP contribution in [0.1, 0.15) is 46.5 Å². The number of unbranched alkanes of at least 4 members (excludes halogenated alkanes) is 1. The van der Waals surface area contributed by atoms with Gasteiger partial charge in [0.25, 0.3) is 0 Å². The van der Waals surface area contributed by atoms with Crippen LogP contribution in [0.5, 0.6) is 11.5 Å². The van der Waals surface area contributed by atoms with Crippen molar-refractivity contribution >= 4 is 10.0 Å². The summed E-state index contributed by atoms with van der Waals surface area (Å²) in [5.41, 5.74) is -0.159. The molecular weight excluding hydrogens is 342 g/mol. The van der Waals surface area contributed by atoms with Crippen LogP contribution in [0.15, 0.2) is 23.1 Å². The predicted molar refractivity (Wildman–Crippen MR) is 96.3 cm³/mol. The van der Waals surface area contributed by atoms with E-state index in [9.17, 15) is 8.42 Å². The molecule has 1 aromatic carbocycles. The Morgan fingerprint density at radius 3 is 2.60 bits per heavy atom. The zero-order chi connectivity index (χ0) is 18.5. The van der Waals surface area contributed by atoms with Crippen LogP contribution in [-0.4, -0.2) is 44.3 Å². The maximum Gasteiger partial charge on any atom is 0.243 e. The molecule has 0 fully saturated rings. The molecule has 1 heterocycles. The molecule has 0 atom stereocenters. The van der Waals surface area contributed by atoms with Gasteiger partial charge in [-0.05, 0) is 36.8 Å². The second-order valence-corrected chi connectivity index (χ2v) is 9.14. The van der Waals surface area contributed by atoms with E-state index in [1.54, 1.807) is 22.5 Å². The number of aliphatic hydroxyl groups excluding tert-OH is 1. The summed E-state index contributed by atoms with van der Waals surface area (Å²) in [6.45, 7) is 7.33. The quantitative estimate of drug-likeness (QED) is 0.640. The summed E-state index contributed by atoms with van der Waals surface area (Å²) >= 11 is 0. The second-order valence-electron chi connectivity index (χ2n) is 7.20. The molecule has 0 aliphatic carbocycles. The van der Waals surface area contributed by atoms with Gasteiger partial charge < -0.3 is 14.6 Å². The highest BCUT2D eigenvalue weighted by atomic mass is 32.2. The minimum Gasteiger partial charge on any atom is -0.454 e. The topological polar surface area (TPSA) is 76.1 Å². The number of ether oxygens (including phenoxy) is 2. The van der Waals surface area contributed by atoms with Crippen molar-refractivity contribution in [2.45, 2.75) is 51.3 Å². The van der Waals surface area contributed by atoms with E-state index in [2.05, 4.69) is 13.8 Å². The highest BCUT2D eigenvalue weighted by Crippen LogP contribution is 2.35. The van der Waals surface area contributed by atoms with Crippen molar-refractivity contribution in [1.82, 2.24) is 4.31 Å². The molecule has 0 saturated heterocycles. The number of nitrogens with zero attached hydrogens (tertiary/aromatic N) is 1. The lowest BCUT2D eigenvalue weighted by Crippen LogP contribution is -2.39. The van der Waals surface area contributed by atoms with Crippen LogP contribution in [0.4, 0.5) is 0 Å². The van der Waals surface area contributed by atoms with E-state index >= 15 is 0 Å². The molecule has 1 aliphatic heterocycles. The Morgan fingerprint density at radius 2 is 1.92 bits per heavy atom. The molecule has 0 radical (unpaired) electrons. The Morgan fingerprint density at radius 1 is 1.20 bits per heavy atom. The van der Waals surface area contributed by atoms with E-state index in [-0.39, 0.29) is 23.7 Å². The lowest BCUT2D eigenvalue weighted by atomic mass is 9.87. The molecule has 1 aromatic rings. The monoisotopic (exact) mass is 371 g/mol. The summed E-state index contributed by atoms with van der Waals surface area (Å²) in [7, 11) is -3.60. The van der Waals surface area contributed by atoms with Crippen molar-refractivity contribution < 1.29 is 23.0 Å². The Labute approximate surface area is 150 Å². The number of rotatable bonds is 10. The van der Waals surface area contributed by atoms with Crippen LogP contribution in [0, 0.1) is 5.41 Å². The van der Waals surface area contributed by atoms with Crippen molar-refractivity contribution in [2.24, 2.45) is 5.41 Å². The summed E-state index contributed by atoms with van der Waals surface area (Å²) in [4.78, 5) is 0.233. The van der Waals surface area contributed by atoms with Crippen LogP contribution in [0.25, 0.3) is 0 Å². The maximum absolute atomic E-state index is 13.1. The summed E-state index contributed by atoms with van der Waals surface area (Å²) in [5.74, 6) is 1.05. The first-order valence-corrected chi connectivity index (χ1v) is 10.2. The van der Waals surface area contributed by atoms with Crippen molar-refractivity contribution in [3.63, 3.8) is 0 Å². The molecule has 1 aliphatic rings. The van der Waals surface area contributed by atoms with Gasteiger partial charge in [0.2, 0.25) is 16.8 Å². The summed E-state index contributed by atoms with van der Waals surface area (Å²) in [6.07, 6.45) is 3.24. The van der Waals surface area contributed by atoms with E-state index in [1.165, 1.54) is 0 Å². The van der Waals surface area contributed by atoms with Gasteiger partial charge in [-0.3, -0.25) is 0 Å². The summed E-state index contributed by atoms with van der Waals surface area (Å²) in [6, 6.07) is 4.76. The van der Waals surface area contributed by atoms with Gasteiger partial charge in [-0.1, -0.05) is 27.2 Å². The zero-order valence-electron chi connectivity index (χ0n) is 15.3. The molecule has 0 amide bonds. The maximum atomic E-state index is 13.1. The molecule has 2 rings (SSSR count). The number of hydrogen-bond acceptors (Lipinski definition) is 5. The second kappa shape index (κ2) is 8.38. The molecule has 142 valence electrons. The smallest absolute Gasteiger partial charge is 0.243 e. The molecule has 0 saturated carbocycles. The third-order valence-electron chi connectivity index (χ3n) is 4.32. The predicted octanol–water partition coefficient (Wildman–Crippen LogP) is 3.00. The van der Waals surface area contributed by atoms with Gasteiger partial charge in [-0.25, -0.2) is 8.42 Å². The van der Waals surface area contributed by atoms with Crippen LogP contribution >= 0.6 is 0 Å². The van der Waals surface area contributed by atoms with Crippen LogP contribution in [-0.2, 0) is 10.0 Å². The lowest BCUT2D eigenvalue weighted by molar-refractivity contribution is 0.174. The van der Waals surface area contributed by atoms with Gasteiger partial charge in [0.15, 0.2) is 11.5 Å². The molecular formula is C18H29NO5S. The highest BCUT2D eigenvalue weighted by molar-refractivity contribution is 7.89. The molecule has 0 bridgehead atoms. The number of hydrogen-bond donors (Lipinski definition) is 1. The van der Waals surface area contributed by atoms with Crippen molar-refractivity contribution in [3.8, 4) is 11.5 Å². The van der Waals surface area contributed by atoms with E-state index in [4.69, 9.17) is 14.6 Å². The van der Waals surface area contributed by atoms with Crippen molar-refractivity contribution in [1.29, 1.82) is 0 Å². The van der Waals surface area contributed by atoms with Crippen LogP contribution in [0.3, 0.4) is 0 Å². The molecule has 0 aromatic heterocycles. The minimum atomic E-state index is -3.60. The van der Waals surface area contributed by atoms with Gasteiger partial charge in [-0.2, -0.15) is 4.31 Å². The van der Waals surface area contributed by atoms with Gasteiger partial charge >= 0.3 is 0 Å². The fraction of sp³-hybridized carbons (Fsp3) is 0.667. The number of sulfonamides is 1. The molecule has 1 N–H and O–H groups in total. The Balaban J connectivity index is 2.19. The minimum absolute atomic E-state index is 0.120. The first-order chi connectivity index (χ1) is 11.8. The van der Waals surface area contributed by atoms with E-state index in [1.807, 2.05) is 6.92 Å². The van der Waals surface area contributed by atoms with E-state index in [0.717, 1.165) is 25.7 Å². The standard InChI is InChI=1S/C18H29NO5S/c1-4-10-19(13-18(2,3)9-5-6-11-20)25(21,22)15-7-8-16-17(12-15)24-14-23-16/h7-8,12,20H,4-6,9-11,13-14H2,1-3H3. The Bertz CT molecular complexity index is 672. The third kappa shape index (κ3) is 5.09. The number of aliphatic hydroxyl groups is 1. The first-order valence-electron chi connectivity index (χ1n) is 8.81. The van der Waals surface area contributed by atoms with Crippen molar-refractivity contribution in [3.05, 3.63) is 18.2 Å². The fourth-order valence-electron chi connectivity index (χ4n) is 2.99. The Hall–Kier alpha value is -1.31. The fourth-order valence-corrected chi connectivity index (χ4v) is 4.73. The van der Waals surface area contributed by atoms with E-state index in [0.29, 0.717) is 24.6 Å². The largest absolute Gasteiger partial charge is 0.454 e. The SMILES string of the molecule is CCCN(CC(C)(C)CCCCO)S(=O)(=O)c1ccc2c(c1)OCO2. The van der Waals surface area contributed by atoms with Crippen LogP contribution < -0.4 is 9.47 Å². The molecule has 0 unspecified atom stereocenters. The average molecular weight is 371 g/mol. The van der Waals surface area contributed by atoms with Crippen LogP contribution in [0.2, 0.25) is 0 Å². The molecule has 25 heavy (non-hydrogen) atoms. The number of benzene rings is 1. The average Bonchev–Trinajstić information content (AvgIpc) is 3.02.